The first-order chi connectivity index (χ1) is 9.47. The number of aliphatic carboxylic acids is 1. The van der Waals surface area contributed by atoms with Crippen LogP contribution in [0.2, 0.25) is 0 Å². The number of nitrogens with zero attached hydrogens (tertiary/aromatic N) is 1. The second-order valence-corrected chi connectivity index (χ2v) is 5.61. The second kappa shape index (κ2) is 6.27. The Balaban J connectivity index is 1.88. The van der Waals surface area contributed by atoms with Crippen LogP contribution in [0.25, 0.3) is 0 Å². The van der Waals surface area contributed by atoms with Crippen LogP contribution in [-0.2, 0) is 4.79 Å². The first kappa shape index (κ1) is 14.9. The summed E-state index contributed by atoms with van der Waals surface area (Å²) in [6.07, 6.45) is 1.95. The summed E-state index contributed by atoms with van der Waals surface area (Å²) in [4.78, 5) is 13.0. The molecule has 0 saturated carbocycles. The maximum atomic E-state index is 11.0. The van der Waals surface area contributed by atoms with Gasteiger partial charge < -0.3 is 9.84 Å². The smallest absolute Gasteiger partial charge is 0.320 e. The Bertz CT molecular complexity index is 479. The summed E-state index contributed by atoms with van der Waals surface area (Å²) < 4.78 is 6.01. The highest BCUT2D eigenvalue weighted by molar-refractivity contribution is 5.72. The minimum atomic E-state index is -0.751. The van der Waals surface area contributed by atoms with E-state index in [4.69, 9.17) is 9.84 Å². The van der Waals surface area contributed by atoms with Crippen LogP contribution >= 0.6 is 0 Å². The van der Waals surface area contributed by atoms with Crippen LogP contribution in [0.3, 0.4) is 0 Å². The number of carboxylic acids is 1. The number of likely N-dealkylation sites (tertiary alicyclic amines) is 1. The third-order valence-corrected chi connectivity index (χ3v) is 4.16. The van der Waals surface area contributed by atoms with E-state index in [-0.39, 0.29) is 6.10 Å². The summed E-state index contributed by atoms with van der Waals surface area (Å²) in [6.45, 7) is 7.48. The molecule has 1 aliphatic heterocycles. The SMILES string of the molecule is Cc1ccc(OC2CCN(C(C)C(=O)O)CC2)cc1C. The van der Waals surface area contributed by atoms with Crippen LogP contribution in [0.15, 0.2) is 18.2 Å². The van der Waals surface area contributed by atoms with Crippen molar-refractivity contribution in [3.8, 4) is 5.75 Å². The van der Waals surface area contributed by atoms with E-state index in [1.807, 2.05) is 11.0 Å². The van der Waals surface area contributed by atoms with Gasteiger partial charge in [0.1, 0.15) is 17.9 Å². The molecule has 0 spiro atoms. The van der Waals surface area contributed by atoms with Crippen molar-refractivity contribution in [2.75, 3.05) is 13.1 Å². The fourth-order valence-electron chi connectivity index (χ4n) is 2.52. The lowest BCUT2D eigenvalue weighted by molar-refractivity contribution is -0.143. The number of carbonyl (C=O) groups is 1. The van der Waals surface area contributed by atoms with E-state index in [0.29, 0.717) is 0 Å². The van der Waals surface area contributed by atoms with Gasteiger partial charge in [-0.2, -0.15) is 0 Å². The summed E-state index contributed by atoms with van der Waals surface area (Å²) in [5.41, 5.74) is 2.50. The third-order valence-electron chi connectivity index (χ3n) is 4.16. The molecule has 1 fully saturated rings. The Morgan fingerprint density at radius 3 is 2.50 bits per heavy atom. The Morgan fingerprint density at radius 1 is 1.30 bits per heavy atom. The number of aryl methyl sites for hydroxylation is 2. The van der Waals surface area contributed by atoms with Crippen LogP contribution in [0.4, 0.5) is 0 Å². The normalized spacial score (nSPS) is 18.8. The molecule has 1 atom stereocenters. The quantitative estimate of drug-likeness (QED) is 0.919. The topological polar surface area (TPSA) is 49.8 Å². The summed E-state index contributed by atoms with van der Waals surface area (Å²) >= 11 is 0. The van der Waals surface area contributed by atoms with E-state index in [2.05, 4.69) is 26.0 Å². The summed E-state index contributed by atoms with van der Waals surface area (Å²) in [5.74, 6) is 0.163. The molecule has 1 aromatic rings. The predicted molar refractivity (Wildman–Crippen MR) is 78.2 cm³/mol. The van der Waals surface area contributed by atoms with Crippen LogP contribution in [-0.4, -0.2) is 41.2 Å². The number of hydrogen-bond acceptors (Lipinski definition) is 3. The van der Waals surface area contributed by atoms with Gasteiger partial charge in [-0.3, -0.25) is 9.69 Å². The van der Waals surface area contributed by atoms with Crippen molar-refractivity contribution in [3.05, 3.63) is 29.3 Å². The molecular weight excluding hydrogens is 254 g/mol. The van der Waals surface area contributed by atoms with Gasteiger partial charge in [-0.25, -0.2) is 0 Å². The zero-order chi connectivity index (χ0) is 14.7. The number of benzene rings is 1. The molecule has 0 amide bonds. The molecular formula is C16H23NO3. The number of carboxylic acid groups (broad SMARTS) is 1. The fraction of sp³-hybridized carbons (Fsp3) is 0.562. The molecule has 1 heterocycles. The van der Waals surface area contributed by atoms with Crippen LogP contribution < -0.4 is 4.74 Å². The van der Waals surface area contributed by atoms with Crippen molar-refractivity contribution in [2.45, 2.75) is 45.8 Å². The molecule has 0 aliphatic carbocycles. The van der Waals surface area contributed by atoms with E-state index in [1.54, 1.807) is 6.92 Å². The summed E-state index contributed by atoms with van der Waals surface area (Å²) in [5, 5.41) is 9.02. The minimum absolute atomic E-state index is 0.189. The molecule has 0 radical (unpaired) electrons. The zero-order valence-electron chi connectivity index (χ0n) is 12.4. The average molecular weight is 277 g/mol. The van der Waals surface area contributed by atoms with E-state index in [0.717, 1.165) is 31.7 Å². The lowest BCUT2D eigenvalue weighted by Gasteiger charge is -2.34. The Kier molecular flexibility index (Phi) is 4.65. The van der Waals surface area contributed by atoms with Crippen molar-refractivity contribution in [2.24, 2.45) is 0 Å². The first-order valence-corrected chi connectivity index (χ1v) is 7.18. The Labute approximate surface area is 120 Å². The monoisotopic (exact) mass is 277 g/mol. The summed E-state index contributed by atoms with van der Waals surface area (Å²) in [7, 11) is 0. The molecule has 4 nitrogen and oxygen atoms in total. The number of ether oxygens (including phenoxy) is 1. The van der Waals surface area contributed by atoms with Crippen molar-refractivity contribution in [3.63, 3.8) is 0 Å². The highest BCUT2D eigenvalue weighted by atomic mass is 16.5. The largest absolute Gasteiger partial charge is 0.490 e. The van der Waals surface area contributed by atoms with Crippen LogP contribution in [0.5, 0.6) is 5.75 Å². The van der Waals surface area contributed by atoms with Gasteiger partial charge in [-0.05, 0) is 56.9 Å². The third kappa shape index (κ3) is 3.51. The maximum absolute atomic E-state index is 11.0. The zero-order valence-corrected chi connectivity index (χ0v) is 12.4. The van der Waals surface area contributed by atoms with Crippen molar-refractivity contribution >= 4 is 5.97 Å². The molecule has 110 valence electrons. The molecule has 2 rings (SSSR count). The van der Waals surface area contributed by atoms with Gasteiger partial charge in [-0.15, -0.1) is 0 Å². The van der Waals surface area contributed by atoms with Gasteiger partial charge in [0.15, 0.2) is 0 Å². The highest BCUT2D eigenvalue weighted by Gasteiger charge is 2.27. The van der Waals surface area contributed by atoms with Gasteiger partial charge in [0.25, 0.3) is 0 Å². The molecule has 1 aromatic carbocycles. The first-order valence-electron chi connectivity index (χ1n) is 7.18. The van der Waals surface area contributed by atoms with Gasteiger partial charge >= 0.3 is 5.97 Å². The summed E-state index contributed by atoms with van der Waals surface area (Å²) in [6, 6.07) is 5.75. The standard InChI is InChI=1S/C16H23NO3/c1-11-4-5-15(10-12(11)2)20-14-6-8-17(9-7-14)13(3)16(18)19/h4-5,10,13-14H,6-9H2,1-3H3,(H,18,19). The molecule has 1 unspecified atom stereocenters. The van der Waals surface area contributed by atoms with Crippen LogP contribution in [0.1, 0.15) is 30.9 Å². The van der Waals surface area contributed by atoms with Crippen molar-refractivity contribution in [1.29, 1.82) is 0 Å². The van der Waals surface area contributed by atoms with Crippen LogP contribution in [0, 0.1) is 13.8 Å². The van der Waals surface area contributed by atoms with Gasteiger partial charge in [-0.1, -0.05) is 6.07 Å². The van der Waals surface area contributed by atoms with E-state index >= 15 is 0 Å². The van der Waals surface area contributed by atoms with E-state index < -0.39 is 12.0 Å². The highest BCUT2D eigenvalue weighted by Crippen LogP contribution is 2.22. The van der Waals surface area contributed by atoms with Crippen molar-refractivity contribution in [1.82, 2.24) is 4.90 Å². The van der Waals surface area contributed by atoms with E-state index in [1.165, 1.54) is 11.1 Å². The van der Waals surface area contributed by atoms with Gasteiger partial charge in [0, 0.05) is 13.1 Å². The molecule has 1 aliphatic rings. The molecule has 0 aromatic heterocycles. The van der Waals surface area contributed by atoms with E-state index in [9.17, 15) is 4.79 Å². The fourth-order valence-corrected chi connectivity index (χ4v) is 2.52. The molecule has 1 N–H and O–H groups in total. The molecule has 20 heavy (non-hydrogen) atoms. The van der Waals surface area contributed by atoms with Gasteiger partial charge in [0.2, 0.25) is 0 Å². The maximum Gasteiger partial charge on any atom is 0.320 e. The average Bonchev–Trinajstić information content (AvgIpc) is 2.43. The molecule has 4 heteroatoms. The Morgan fingerprint density at radius 2 is 1.95 bits per heavy atom. The molecule has 1 saturated heterocycles. The Hall–Kier alpha value is -1.55. The van der Waals surface area contributed by atoms with Crippen molar-refractivity contribution < 1.29 is 14.6 Å². The molecule has 0 bridgehead atoms. The number of rotatable bonds is 4. The minimum Gasteiger partial charge on any atom is -0.490 e. The predicted octanol–water partition coefficient (Wildman–Crippen LogP) is 2.62. The number of hydrogen-bond donors (Lipinski definition) is 1. The van der Waals surface area contributed by atoms with Gasteiger partial charge in [0.05, 0.1) is 0 Å². The second-order valence-electron chi connectivity index (χ2n) is 5.61. The lowest BCUT2D eigenvalue weighted by Crippen LogP contribution is -2.46. The lowest BCUT2D eigenvalue weighted by atomic mass is 10.1. The number of piperidine rings is 1.